The van der Waals surface area contributed by atoms with Crippen molar-refractivity contribution in [3.05, 3.63) is 29.8 Å². The van der Waals surface area contributed by atoms with Gasteiger partial charge in [0, 0.05) is 6.54 Å². The van der Waals surface area contributed by atoms with Gasteiger partial charge in [0.15, 0.2) is 6.10 Å². The predicted octanol–water partition coefficient (Wildman–Crippen LogP) is 4.09. The maximum atomic E-state index is 12.1. The molecule has 1 aromatic rings. The summed E-state index contributed by atoms with van der Waals surface area (Å²) in [7, 11) is 0. The van der Waals surface area contributed by atoms with Crippen LogP contribution >= 0.6 is 0 Å². The van der Waals surface area contributed by atoms with Crippen molar-refractivity contribution in [1.82, 2.24) is 5.32 Å². The van der Waals surface area contributed by atoms with E-state index in [4.69, 9.17) is 4.74 Å². The summed E-state index contributed by atoms with van der Waals surface area (Å²) in [4.78, 5) is 12.1. The maximum absolute atomic E-state index is 12.1. The zero-order chi connectivity index (χ0) is 15.7. The van der Waals surface area contributed by atoms with E-state index >= 15 is 0 Å². The minimum absolute atomic E-state index is 0.0366. The molecule has 0 unspecified atom stereocenters. The molecule has 0 aliphatic carbocycles. The van der Waals surface area contributed by atoms with Crippen LogP contribution in [0.2, 0.25) is 0 Å². The summed E-state index contributed by atoms with van der Waals surface area (Å²) < 4.78 is 5.67. The lowest BCUT2D eigenvalue weighted by atomic mass is 9.99. The number of benzene rings is 1. The lowest BCUT2D eigenvalue weighted by molar-refractivity contribution is -0.127. The molecule has 1 N–H and O–H groups in total. The highest BCUT2D eigenvalue weighted by molar-refractivity contribution is 5.80. The summed E-state index contributed by atoms with van der Waals surface area (Å²) in [6, 6.07) is 7.76. The summed E-state index contributed by atoms with van der Waals surface area (Å²) >= 11 is 0. The van der Waals surface area contributed by atoms with Gasteiger partial charge in [0.1, 0.15) is 5.75 Å². The average Bonchev–Trinajstić information content (AvgIpc) is 2.49. The van der Waals surface area contributed by atoms with Crippen LogP contribution in [-0.4, -0.2) is 18.6 Å². The normalized spacial score (nSPS) is 13.5. The molecule has 0 aliphatic rings. The quantitative estimate of drug-likeness (QED) is 0.744. The lowest BCUT2D eigenvalue weighted by Gasteiger charge is -2.18. The molecule has 0 saturated carbocycles. The Labute approximate surface area is 129 Å². The van der Waals surface area contributed by atoms with Gasteiger partial charge in [-0.05, 0) is 38.3 Å². The minimum atomic E-state index is -0.462. The predicted molar refractivity (Wildman–Crippen MR) is 87.6 cm³/mol. The van der Waals surface area contributed by atoms with Crippen molar-refractivity contribution in [3.8, 4) is 5.75 Å². The van der Waals surface area contributed by atoms with Crippen LogP contribution in [0, 0.1) is 12.8 Å². The Morgan fingerprint density at radius 1 is 1.24 bits per heavy atom. The molecule has 0 aromatic heterocycles. The molecule has 1 rings (SSSR count). The number of carbonyl (C=O) groups excluding carboxylic acids is 1. The molecule has 0 fully saturated rings. The summed E-state index contributed by atoms with van der Waals surface area (Å²) in [5, 5.41) is 3.01. The van der Waals surface area contributed by atoms with Crippen molar-refractivity contribution in [1.29, 1.82) is 0 Å². The number of unbranched alkanes of at least 4 members (excludes halogenated alkanes) is 1. The second-order valence-electron chi connectivity index (χ2n) is 5.73. The van der Waals surface area contributed by atoms with Gasteiger partial charge in [-0.2, -0.15) is 0 Å². The highest BCUT2D eigenvalue weighted by atomic mass is 16.5. The number of amides is 1. The van der Waals surface area contributed by atoms with Crippen molar-refractivity contribution in [3.63, 3.8) is 0 Å². The van der Waals surface area contributed by atoms with Crippen LogP contribution in [0.4, 0.5) is 0 Å². The van der Waals surface area contributed by atoms with E-state index in [0.29, 0.717) is 5.92 Å². The third-order valence-corrected chi connectivity index (χ3v) is 3.81. The van der Waals surface area contributed by atoms with E-state index < -0.39 is 6.10 Å². The monoisotopic (exact) mass is 291 g/mol. The van der Waals surface area contributed by atoms with Crippen LogP contribution in [-0.2, 0) is 4.79 Å². The molecule has 1 amide bonds. The Morgan fingerprint density at radius 2 is 1.90 bits per heavy atom. The summed E-state index contributed by atoms with van der Waals surface area (Å²) in [6.07, 6.45) is 4.26. The fraction of sp³-hybridized carbons (Fsp3) is 0.611. The molecule has 0 bridgehead atoms. The second-order valence-corrected chi connectivity index (χ2v) is 5.73. The molecular weight excluding hydrogens is 262 g/mol. The van der Waals surface area contributed by atoms with E-state index in [1.807, 2.05) is 31.2 Å². The number of hydrogen-bond acceptors (Lipinski definition) is 2. The van der Waals surface area contributed by atoms with Crippen LogP contribution in [0.1, 0.15) is 52.0 Å². The average molecular weight is 291 g/mol. The van der Waals surface area contributed by atoms with Gasteiger partial charge in [-0.15, -0.1) is 0 Å². The maximum Gasteiger partial charge on any atom is 0.260 e. The Hall–Kier alpha value is -1.51. The van der Waals surface area contributed by atoms with E-state index in [2.05, 4.69) is 19.2 Å². The molecule has 0 spiro atoms. The van der Waals surface area contributed by atoms with Gasteiger partial charge in [-0.3, -0.25) is 4.79 Å². The molecule has 0 aliphatic heterocycles. The minimum Gasteiger partial charge on any atom is -0.481 e. The van der Waals surface area contributed by atoms with Gasteiger partial charge in [-0.25, -0.2) is 0 Å². The molecule has 21 heavy (non-hydrogen) atoms. The standard InChI is InChI=1S/C18H29NO2/c1-5-7-8-16(6-2)13-19-18(20)15(4)21-17-11-9-14(3)10-12-17/h9-12,15-16H,5-8,13H2,1-4H3,(H,19,20)/t15-,16-/m1/s1. The van der Waals surface area contributed by atoms with Crippen LogP contribution in [0.25, 0.3) is 0 Å². The third kappa shape index (κ3) is 6.65. The fourth-order valence-corrected chi connectivity index (χ4v) is 2.21. The molecule has 0 saturated heterocycles. The second kappa shape index (κ2) is 9.43. The first kappa shape index (κ1) is 17.5. The van der Waals surface area contributed by atoms with E-state index in [1.165, 1.54) is 24.8 Å². The van der Waals surface area contributed by atoms with Crippen LogP contribution < -0.4 is 10.1 Å². The number of nitrogens with one attached hydrogen (secondary N) is 1. The van der Waals surface area contributed by atoms with Crippen molar-refractivity contribution >= 4 is 5.91 Å². The molecule has 3 heteroatoms. The first-order valence-corrected chi connectivity index (χ1v) is 8.07. The number of aryl methyl sites for hydroxylation is 1. The third-order valence-electron chi connectivity index (χ3n) is 3.81. The van der Waals surface area contributed by atoms with Gasteiger partial charge in [0.2, 0.25) is 0 Å². The largest absolute Gasteiger partial charge is 0.481 e. The van der Waals surface area contributed by atoms with Crippen molar-refractivity contribution in [2.24, 2.45) is 5.92 Å². The molecule has 3 nitrogen and oxygen atoms in total. The first-order valence-electron chi connectivity index (χ1n) is 8.07. The number of hydrogen-bond donors (Lipinski definition) is 1. The smallest absolute Gasteiger partial charge is 0.260 e. The lowest BCUT2D eigenvalue weighted by Crippen LogP contribution is -2.38. The van der Waals surface area contributed by atoms with E-state index in [9.17, 15) is 4.79 Å². The van der Waals surface area contributed by atoms with Crippen molar-refractivity contribution in [2.45, 2.75) is 59.5 Å². The van der Waals surface area contributed by atoms with Gasteiger partial charge in [0.05, 0.1) is 0 Å². The Morgan fingerprint density at radius 3 is 2.48 bits per heavy atom. The topological polar surface area (TPSA) is 38.3 Å². The molecule has 0 heterocycles. The fourth-order valence-electron chi connectivity index (χ4n) is 2.21. The molecule has 1 aromatic carbocycles. The Bertz CT molecular complexity index is 414. The summed E-state index contributed by atoms with van der Waals surface area (Å²) in [6.45, 7) is 8.95. The summed E-state index contributed by atoms with van der Waals surface area (Å²) in [5.41, 5.74) is 1.18. The Balaban J connectivity index is 2.38. The molecular formula is C18H29NO2. The van der Waals surface area contributed by atoms with Gasteiger partial charge in [0.25, 0.3) is 5.91 Å². The number of rotatable bonds is 9. The zero-order valence-electron chi connectivity index (χ0n) is 13.8. The van der Waals surface area contributed by atoms with Crippen LogP contribution in [0.5, 0.6) is 5.75 Å². The highest BCUT2D eigenvalue weighted by Crippen LogP contribution is 2.14. The van der Waals surface area contributed by atoms with Crippen LogP contribution in [0.3, 0.4) is 0 Å². The van der Waals surface area contributed by atoms with Crippen molar-refractivity contribution in [2.75, 3.05) is 6.54 Å². The SMILES string of the molecule is CCCC[C@@H](CC)CNC(=O)[C@@H](C)Oc1ccc(C)cc1. The van der Waals surface area contributed by atoms with Gasteiger partial charge < -0.3 is 10.1 Å². The van der Waals surface area contributed by atoms with E-state index in [0.717, 1.165) is 18.7 Å². The highest BCUT2D eigenvalue weighted by Gasteiger charge is 2.16. The van der Waals surface area contributed by atoms with E-state index in [1.54, 1.807) is 6.92 Å². The van der Waals surface area contributed by atoms with Crippen molar-refractivity contribution < 1.29 is 9.53 Å². The first-order chi connectivity index (χ1) is 10.1. The molecule has 2 atom stereocenters. The van der Waals surface area contributed by atoms with Crippen LogP contribution in [0.15, 0.2) is 24.3 Å². The zero-order valence-corrected chi connectivity index (χ0v) is 13.8. The Kier molecular flexibility index (Phi) is 7.88. The molecule has 0 radical (unpaired) electrons. The number of carbonyl (C=O) groups is 1. The van der Waals surface area contributed by atoms with Gasteiger partial charge >= 0.3 is 0 Å². The summed E-state index contributed by atoms with van der Waals surface area (Å²) in [5.74, 6) is 1.27. The number of ether oxygens (including phenoxy) is 1. The van der Waals surface area contributed by atoms with E-state index in [-0.39, 0.29) is 5.91 Å². The van der Waals surface area contributed by atoms with Gasteiger partial charge in [-0.1, -0.05) is 50.8 Å². The molecule has 118 valence electrons.